The molecule has 0 unspecified atom stereocenters. The van der Waals surface area contributed by atoms with E-state index in [4.69, 9.17) is 5.14 Å². The van der Waals surface area contributed by atoms with Gasteiger partial charge in [0.15, 0.2) is 0 Å². The summed E-state index contributed by atoms with van der Waals surface area (Å²) in [4.78, 5) is 29.6. The van der Waals surface area contributed by atoms with Crippen LogP contribution in [-0.2, 0) is 32.5 Å². The maximum atomic E-state index is 13.2. The Kier molecular flexibility index (Phi) is 8.11. The van der Waals surface area contributed by atoms with Gasteiger partial charge in [-0.1, -0.05) is 37.3 Å². The first-order valence-corrected chi connectivity index (χ1v) is 14.0. The lowest BCUT2D eigenvalue weighted by atomic mass is 9.82. The number of para-hydroxylation sites is 1. The summed E-state index contributed by atoms with van der Waals surface area (Å²) in [6.45, 7) is 2.57. The van der Waals surface area contributed by atoms with Gasteiger partial charge in [-0.05, 0) is 67.3 Å². The van der Waals surface area contributed by atoms with Crippen molar-refractivity contribution in [1.29, 1.82) is 0 Å². The second-order valence-corrected chi connectivity index (χ2v) is 11.4. The third kappa shape index (κ3) is 6.53. The molecule has 5 N–H and O–H groups in total. The summed E-state index contributed by atoms with van der Waals surface area (Å²) >= 11 is 0. The van der Waals surface area contributed by atoms with E-state index in [1.54, 1.807) is 12.1 Å². The van der Waals surface area contributed by atoms with Crippen LogP contribution in [0.15, 0.2) is 59.6 Å². The predicted octanol–water partition coefficient (Wildman–Crippen LogP) is 3.03. The fourth-order valence-electron chi connectivity index (χ4n) is 4.84. The molecule has 9 heteroatoms. The third-order valence-electron chi connectivity index (χ3n) is 7.08. The van der Waals surface area contributed by atoms with E-state index in [-0.39, 0.29) is 22.6 Å². The Bertz CT molecular complexity index is 1310. The first-order valence-electron chi connectivity index (χ1n) is 12.5. The number of nitrogens with one attached hydrogen (secondary N) is 3. The maximum absolute atomic E-state index is 13.2. The highest BCUT2D eigenvalue weighted by molar-refractivity contribution is 7.89. The zero-order valence-electron chi connectivity index (χ0n) is 20.5. The summed E-state index contributed by atoms with van der Waals surface area (Å²) in [5.41, 5.74) is 2.83. The molecule has 1 fully saturated rings. The summed E-state index contributed by atoms with van der Waals surface area (Å²) in [7, 11) is -3.74. The number of rotatable bonds is 9. The number of nitrogens with two attached hydrogens (primary N) is 1. The van der Waals surface area contributed by atoms with Crippen LogP contribution in [0, 0.1) is 11.8 Å². The standard InChI is InChI=1S/C27H34N4O4S/c1-18-6-10-20(11-7-18)26(32)31-25(16-21-17-30-24-5-3-2-4-23(21)24)27(33)29-15-14-19-8-12-22(13-9-19)36(28,34)35/h2-5,8-9,12-13,17-18,20,25,30H,6-7,10-11,14-16H2,1H3,(H,29,33)(H,31,32)(H2,28,34,35)/t18?,20?,25-/m1/s1. The lowest BCUT2D eigenvalue weighted by Gasteiger charge is -2.27. The van der Waals surface area contributed by atoms with E-state index in [9.17, 15) is 18.0 Å². The van der Waals surface area contributed by atoms with Crippen molar-refractivity contribution in [2.75, 3.05) is 6.54 Å². The fourth-order valence-corrected chi connectivity index (χ4v) is 5.36. The second kappa shape index (κ2) is 11.3. The van der Waals surface area contributed by atoms with Gasteiger partial charge in [0.1, 0.15) is 6.04 Å². The summed E-state index contributed by atoms with van der Waals surface area (Å²) < 4.78 is 22.9. The van der Waals surface area contributed by atoms with Crippen molar-refractivity contribution in [3.8, 4) is 0 Å². The molecule has 1 aromatic heterocycles. The average Bonchev–Trinajstić information content (AvgIpc) is 3.26. The smallest absolute Gasteiger partial charge is 0.242 e. The highest BCUT2D eigenvalue weighted by Gasteiger charge is 2.29. The number of carbonyl (C=O) groups excluding carboxylic acids is 2. The number of carbonyl (C=O) groups is 2. The summed E-state index contributed by atoms with van der Waals surface area (Å²) in [6.07, 6.45) is 6.56. The average molecular weight is 511 g/mol. The Morgan fingerprint density at radius 1 is 1.06 bits per heavy atom. The molecule has 192 valence electrons. The van der Waals surface area contributed by atoms with Crippen LogP contribution in [0.2, 0.25) is 0 Å². The Labute approximate surface area is 212 Å². The van der Waals surface area contributed by atoms with E-state index >= 15 is 0 Å². The molecular formula is C27H34N4O4S. The molecule has 2 amide bonds. The van der Waals surface area contributed by atoms with Crippen molar-refractivity contribution in [1.82, 2.24) is 15.6 Å². The number of hydrogen-bond donors (Lipinski definition) is 4. The van der Waals surface area contributed by atoms with Gasteiger partial charge in [-0.3, -0.25) is 9.59 Å². The van der Waals surface area contributed by atoms with Crippen molar-refractivity contribution >= 4 is 32.7 Å². The van der Waals surface area contributed by atoms with E-state index in [2.05, 4.69) is 22.5 Å². The van der Waals surface area contributed by atoms with Crippen LogP contribution in [0.3, 0.4) is 0 Å². The van der Waals surface area contributed by atoms with Crippen molar-refractivity contribution < 1.29 is 18.0 Å². The Morgan fingerprint density at radius 3 is 2.44 bits per heavy atom. The first-order chi connectivity index (χ1) is 17.2. The molecule has 1 saturated carbocycles. The summed E-state index contributed by atoms with van der Waals surface area (Å²) in [5.74, 6) is 0.287. The number of aromatic nitrogens is 1. The van der Waals surface area contributed by atoms with Gasteiger partial charge in [0.05, 0.1) is 4.90 Å². The molecule has 1 aliphatic carbocycles. The molecule has 3 aromatic rings. The minimum atomic E-state index is -3.74. The zero-order valence-corrected chi connectivity index (χ0v) is 21.3. The molecule has 36 heavy (non-hydrogen) atoms. The van der Waals surface area contributed by atoms with Gasteiger partial charge >= 0.3 is 0 Å². The monoisotopic (exact) mass is 510 g/mol. The predicted molar refractivity (Wildman–Crippen MR) is 140 cm³/mol. The summed E-state index contributed by atoms with van der Waals surface area (Å²) in [5, 5.41) is 12.2. The van der Waals surface area contributed by atoms with E-state index in [1.807, 2.05) is 30.5 Å². The molecule has 2 aromatic carbocycles. The number of amides is 2. The molecule has 0 bridgehead atoms. The zero-order chi connectivity index (χ0) is 25.7. The molecule has 1 atom stereocenters. The molecule has 0 aliphatic heterocycles. The van der Waals surface area contributed by atoms with Crippen LogP contribution in [0.25, 0.3) is 10.9 Å². The SMILES string of the molecule is CC1CCC(C(=O)N[C@H](Cc2c[nH]c3ccccc23)C(=O)NCCc2ccc(S(N)(=O)=O)cc2)CC1. The van der Waals surface area contributed by atoms with Crippen molar-refractivity contribution in [3.05, 3.63) is 65.9 Å². The maximum Gasteiger partial charge on any atom is 0.242 e. The van der Waals surface area contributed by atoms with E-state index in [0.29, 0.717) is 25.3 Å². The van der Waals surface area contributed by atoms with Crippen molar-refractivity contribution in [2.24, 2.45) is 17.0 Å². The lowest BCUT2D eigenvalue weighted by molar-refractivity contribution is -0.131. The van der Waals surface area contributed by atoms with E-state index in [1.165, 1.54) is 12.1 Å². The number of sulfonamides is 1. The molecule has 0 saturated heterocycles. The van der Waals surface area contributed by atoms with Crippen LogP contribution < -0.4 is 15.8 Å². The Hall–Kier alpha value is -3.17. The van der Waals surface area contributed by atoms with Crippen LogP contribution >= 0.6 is 0 Å². The molecular weight excluding hydrogens is 476 g/mol. The van der Waals surface area contributed by atoms with Gasteiger partial charge < -0.3 is 15.6 Å². The van der Waals surface area contributed by atoms with Gasteiger partial charge in [0, 0.05) is 36.0 Å². The normalized spacial score (nSPS) is 19.1. The number of hydrogen-bond acceptors (Lipinski definition) is 4. The number of benzene rings is 2. The van der Waals surface area contributed by atoms with Crippen LogP contribution in [0.5, 0.6) is 0 Å². The second-order valence-electron chi connectivity index (χ2n) is 9.81. The third-order valence-corrected chi connectivity index (χ3v) is 8.01. The quantitative estimate of drug-likeness (QED) is 0.352. The lowest BCUT2D eigenvalue weighted by Crippen LogP contribution is -2.50. The van der Waals surface area contributed by atoms with Crippen LogP contribution in [0.1, 0.15) is 43.7 Å². The van der Waals surface area contributed by atoms with Gasteiger partial charge in [-0.15, -0.1) is 0 Å². The fraction of sp³-hybridized carbons (Fsp3) is 0.407. The largest absolute Gasteiger partial charge is 0.361 e. The number of fused-ring (bicyclic) bond motifs is 1. The molecule has 1 aliphatic rings. The van der Waals surface area contributed by atoms with Crippen molar-refractivity contribution in [3.63, 3.8) is 0 Å². The van der Waals surface area contributed by atoms with Gasteiger partial charge in [-0.25, -0.2) is 13.6 Å². The minimum absolute atomic E-state index is 0.0499. The van der Waals surface area contributed by atoms with Gasteiger partial charge in [-0.2, -0.15) is 0 Å². The Morgan fingerprint density at radius 2 is 1.75 bits per heavy atom. The number of aromatic amines is 1. The highest BCUT2D eigenvalue weighted by Crippen LogP contribution is 2.28. The number of primary sulfonamides is 1. The minimum Gasteiger partial charge on any atom is -0.361 e. The molecule has 4 rings (SSSR count). The van der Waals surface area contributed by atoms with Crippen molar-refractivity contribution in [2.45, 2.75) is 56.4 Å². The molecule has 0 spiro atoms. The van der Waals surface area contributed by atoms with Crippen LogP contribution in [0.4, 0.5) is 0 Å². The summed E-state index contributed by atoms with van der Waals surface area (Å²) in [6, 6.07) is 13.5. The molecule has 8 nitrogen and oxygen atoms in total. The number of H-pyrrole nitrogens is 1. The van der Waals surface area contributed by atoms with Crippen LogP contribution in [-0.4, -0.2) is 37.8 Å². The topological polar surface area (TPSA) is 134 Å². The highest BCUT2D eigenvalue weighted by atomic mass is 32.2. The first kappa shape index (κ1) is 25.9. The van der Waals surface area contributed by atoms with Gasteiger partial charge in [0.2, 0.25) is 21.8 Å². The molecule has 1 heterocycles. The van der Waals surface area contributed by atoms with Gasteiger partial charge in [0.25, 0.3) is 0 Å². The van der Waals surface area contributed by atoms with E-state index < -0.39 is 16.1 Å². The van der Waals surface area contributed by atoms with E-state index in [0.717, 1.165) is 47.7 Å². The Balaban J connectivity index is 1.42. The molecule has 0 radical (unpaired) electrons.